The van der Waals surface area contributed by atoms with Crippen LogP contribution in [0.15, 0.2) is 28.7 Å². The van der Waals surface area contributed by atoms with Gasteiger partial charge >= 0.3 is 0 Å². The molecule has 2 rings (SSSR count). The van der Waals surface area contributed by atoms with E-state index in [1.165, 1.54) is 10.8 Å². The SMILES string of the molecule is CNc1cc2cc(Br)ccc2c(C)n1. The quantitative estimate of drug-likeness (QED) is 0.840. The molecule has 3 heteroatoms. The summed E-state index contributed by atoms with van der Waals surface area (Å²) >= 11 is 3.46. The average Bonchev–Trinajstić information content (AvgIpc) is 2.16. The summed E-state index contributed by atoms with van der Waals surface area (Å²) in [4.78, 5) is 4.42. The zero-order chi connectivity index (χ0) is 10.1. The number of hydrogen-bond donors (Lipinski definition) is 1. The van der Waals surface area contributed by atoms with Gasteiger partial charge < -0.3 is 5.32 Å². The number of hydrogen-bond acceptors (Lipinski definition) is 2. The van der Waals surface area contributed by atoms with E-state index >= 15 is 0 Å². The van der Waals surface area contributed by atoms with E-state index in [4.69, 9.17) is 0 Å². The van der Waals surface area contributed by atoms with Crippen LogP contribution in [0.4, 0.5) is 5.82 Å². The average molecular weight is 251 g/mol. The van der Waals surface area contributed by atoms with Crippen molar-refractivity contribution in [1.82, 2.24) is 4.98 Å². The predicted octanol–water partition coefficient (Wildman–Crippen LogP) is 3.35. The molecule has 0 amide bonds. The zero-order valence-corrected chi connectivity index (χ0v) is 9.72. The maximum atomic E-state index is 4.42. The van der Waals surface area contributed by atoms with Crippen molar-refractivity contribution in [3.63, 3.8) is 0 Å². The number of nitrogens with zero attached hydrogens (tertiary/aromatic N) is 1. The van der Waals surface area contributed by atoms with Crippen LogP contribution in [0.3, 0.4) is 0 Å². The van der Waals surface area contributed by atoms with Crippen molar-refractivity contribution in [2.24, 2.45) is 0 Å². The lowest BCUT2D eigenvalue weighted by Crippen LogP contribution is -1.94. The fourth-order valence-corrected chi connectivity index (χ4v) is 1.91. The van der Waals surface area contributed by atoms with Gasteiger partial charge in [0.15, 0.2) is 0 Å². The summed E-state index contributed by atoms with van der Waals surface area (Å²) in [7, 11) is 1.88. The van der Waals surface area contributed by atoms with Crippen molar-refractivity contribution in [3.8, 4) is 0 Å². The number of benzene rings is 1. The molecule has 0 radical (unpaired) electrons. The maximum absolute atomic E-state index is 4.42. The molecule has 0 aliphatic heterocycles. The van der Waals surface area contributed by atoms with Gasteiger partial charge in [0.25, 0.3) is 0 Å². The molecule has 1 aromatic carbocycles. The van der Waals surface area contributed by atoms with Crippen LogP contribution in [0.2, 0.25) is 0 Å². The molecule has 0 aliphatic rings. The normalized spacial score (nSPS) is 10.5. The molecule has 72 valence electrons. The lowest BCUT2D eigenvalue weighted by molar-refractivity contribution is 1.22. The number of aryl methyl sites for hydroxylation is 1. The highest BCUT2D eigenvalue weighted by molar-refractivity contribution is 9.10. The second kappa shape index (κ2) is 3.58. The van der Waals surface area contributed by atoms with Crippen molar-refractivity contribution < 1.29 is 0 Å². The molecule has 0 unspecified atom stereocenters. The van der Waals surface area contributed by atoms with Gasteiger partial charge in [-0.05, 0) is 30.5 Å². The lowest BCUT2D eigenvalue weighted by atomic mass is 10.1. The van der Waals surface area contributed by atoms with E-state index in [0.29, 0.717) is 0 Å². The molecule has 14 heavy (non-hydrogen) atoms. The van der Waals surface area contributed by atoms with Crippen molar-refractivity contribution in [1.29, 1.82) is 0 Å². The molecular weight excluding hydrogens is 240 g/mol. The Morgan fingerprint density at radius 3 is 2.79 bits per heavy atom. The monoisotopic (exact) mass is 250 g/mol. The van der Waals surface area contributed by atoms with Crippen LogP contribution < -0.4 is 5.32 Å². The summed E-state index contributed by atoms with van der Waals surface area (Å²) in [6.07, 6.45) is 0. The smallest absolute Gasteiger partial charge is 0.126 e. The van der Waals surface area contributed by atoms with Crippen LogP contribution in [-0.2, 0) is 0 Å². The molecule has 0 fully saturated rings. The van der Waals surface area contributed by atoms with Crippen LogP contribution in [0.5, 0.6) is 0 Å². The second-order valence-corrected chi connectivity index (χ2v) is 4.12. The number of aromatic nitrogens is 1. The van der Waals surface area contributed by atoms with E-state index in [1.807, 2.05) is 26.1 Å². The molecule has 0 spiro atoms. The fraction of sp³-hybridized carbons (Fsp3) is 0.182. The van der Waals surface area contributed by atoms with Gasteiger partial charge in [0.2, 0.25) is 0 Å². The zero-order valence-electron chi connectivity index (χ0n) is 8.13. The van der Waals surface area contributed by atoms with E-state index in [0.717, 1.165) is 16.0 Å². The van der Waals surface area contributed by atoms with Gasteiger partial charge in [0.1, 0.15) is 5.82 Å². The molecule has 0 bridgehead atoms. The van der Waals surface area contributed by atoms with Gasteiger partial charge in [0, 0.05) is 22.6 Å². The third kappa shape index (κ3) is 1.60. The van der Waals surface area contributed by atoms with Gasteiger partial charge in [0.05, 0.1) is 0 Å². The van der Waals surface area contributed by atoms with Crippen molar-refractivity contribution in [3.05, 3.63) is 34.4 Å². The summed E-state index contributed by atoms with van der Waals surface area (Å²) in [6, 6.07) is 8.27. The molecule has 0 atom stereocenters. The molecule has 1 N–H and O–H groups in total. The Hall–Kier alpha value is -1.09. The first-order valence-electron chi connectivity index (χ1n) is 4.45. The van der Waals surface area contributed by atoms with Crippen LogP contribution >= 0.6 is 15.9 Å². The summed E-state index contributed by atoms with van der Waals surface area (Å²) in [6.45, 7) is 2.02. The molecule has 2 aromatic rings. The summed E-state index contributed by atoms with van der Waals surface area (Å²) < 4.78 is 1.10. The van der Waals surface area contributed by atoms with Crippen LogP contribution in [0.25, 0.3) is 10.8 Å². The topological polar surface area (TPSA) is 24.9 Å². The largest absolute Gasteiger partial charge is 0.373 e. The summed E-state index contributed by atoms with van der Waals surface area (Å²) in [5, 5.41) is 5.46. The first-order chi connectivity index (χ1) is 6.70. The van der Waals surface area contributed by atoms with E-state index in [-0.39, 0.29) is 0 Å². The molecule has 2 nitrogen and oxygen atoms in total. The van der Waals surface area contributed by atoms with E-state index in [2.05, 4.69) is 38.4 Å². The first-order valence-corrected chi connectivity index (χ1v) is 5.24. The Balaban J connectivity index is 2.77. The maximum Gasteiger partial charge on any atom is 0.126 e. The number of anilines is 1. The minimum absolute atomic E-state index is 0.910. The minimum Gasteiger partial charge on any atom is -0.373 e. The Labute approximate surface area is 91.5 Å². The molecule has 1 aromatic heterocycles. The number of nitrogens with one attached hydrogen (secondary N) is 1. The first kappa shape index (κ1) is 9.46. The summed E-state index contributed by atoms with van der Waals surface area (Å²) in [5.41, 5.74) is 1.05. The predicted molar refractivity (Wildman–Crippen MR) is 63.7 cm³/mol. The highest BCUT2D eigenvalue weighted by atomic mass is 79.9. The number of fused-ring (bicyclic) bond motifs is 1. The van der Waals surface area contributed by atoms with E-state index in [9.17, 15) is 0 Å². The molecule has 1 heterocycles. The third-order valence-electron chi connectivity index (χ3n) is 2.24. The third-order valence-corrected chi connectivity index (χ3v) is 2.73. The Kier molecular flexibility index (Phi) is 2.42. The van der Waals surface area contributed by atoms with Gasteiger partial charge in [-0.2, -0.15) is 0 Å². The van der Waals surface area contributed by atoms with Gasteiger partial charge in [-0.3, -0.25) is 0 Å². The fourth-order valence-electron chi connectivity index (χ4n) is 1.53. The Bertz CT molecular complexity index is 480. The van der Waals surface area contributed by atoms with Gasteiger partial charge in [-0.1, -0.05) is 22.0 Å². The van der Waals surface area contributed by atoms with Crippen LogP contribution in [-0.4, -0.2) is 12.0 Å². The molecule has 0 saturated carbocycles. The molecular formula is C11H11BrN2. The van der Waals surface area contributed by atoms with Crippen LogP contribution in [0, 0.1) is 6.92 Å². The van der Waals surface area contributed by atoms with E-state index < -0.39 is 0 Å². The standard InChI is InChI=1S/C11H11BrN2/c1-7-10-4-3-9(12)5-8(10)6-11(13-2)14-7/h3-6H,1-2H3,(H,13,14). The van der Waals surface area contributed by atoms with Crippen molar-refractivity contribution in [2.45, 2.75) is 6.92 Å². The van der Waals surface area contributed by atoms with Crippen molar-refractivity contribution in [2.75, 3.05) is 12.4 Å². The Morgan fingerprint density at radius 2 is 2.07 bits per heavy atom. The summed E-state index contributed by atoms with van der Waals surface area (Å²) in [5.74, 6) is 0.910. The van der Waals surface area contributed by atoms with Gasteiger partial charge in [-0.25, -0.2) is 4.98 Å². The number of halogens is 1. The number of pyridine rings is 1. The Morgan fingerprint density at radius 1 is 1.29 bits per heavy atom. The highest BCUT2D eigenvalue weighted by Gasteiger charge is 2.01. The van der Waals surface area contributed by atoms with E-state index in [1.54, 1.807) is 0 Å². The minimum atomic E-state index is 0.910. The highest BCUT2D eigenvalue weighted by Crippen LogP contribution is 2.23. The van der Waals surface area contributed by atoms with Crippen LogP contribution in [0.1, 0.15) is 5.69 Å². The molecule has 0 aliphatic carbocycles. The molecule has 0 saturated heterocycles. The lowest BCUT2D eigenvalue weighted by Gasteiger charge is -2.05. The second-order valence-electron chi connectivity index (χ2n) is 3.21. The number of rotatable bonds is 1. The van der Waals surface area contributed by atoms with Crippen molar-refractivity contribution >= 4 is 32.5 Å². The van der Waals surface area contributed by atoms with Gasteiger partial charge in [-0.15, -0.1) is 0 Å².